The van der Waals surface area contributed by atoms with Crippen molar-refractivity contribution in [2.75, 3.05) is 81.5 Å². The van der Waals surface area contributed by atoms with Crippen molar-refractivity contribution in [3.8, 4) is 16.9 Å². The van der Waals surface area contributed by atoms with Crippen molar-refractivity contribution < 1.29 is 23.9 Å². The van der Waals surface area contributed by atoms with Gasteiger partial charge in [-0.05, 0) is 75.4 Å². The van der Waals surface area contributed by atoms with Gasteiger partial charge in [-0.15, -0.1) is 0 Å². The van der Waals surface area contributed by atoms with Crippen LogP contribution in [0.15, 0.2) is 42.7 Å². The molecule has 1 aromatic heterocycles. The molecule has 1 unspecified atom stereocenters. The number of imide groups is 2. The quantitative estimate of drug-likeness (QED) is 0.261. The van der Waals surface area contributed by atoms with Crippen LogP contribution in [0, 0.1) is 5.92 Å². The van der Waals surface area contributed by atoms with Crippen LogP contribution in [0.2, 0.25) is 0 Å². The number of likely N-dealkylation sites (tertiary alicyclic amines) is 1. The number of aromatic nitrogens is 2. The topological polar surface area (TPSA) is 150 Å². The molecule has 6 heterocycles. The minimum absolute atomic E-state index is 0.108. The second kappa shape index (κ2) is 14.5. The van der Waals surface area contributed by atoms with Crippen LogP contribution in [0.25, 0.3) is 11.1 Å². The molecule has 5 aliphatic heterocycles. The number of ether oxygens (including phenoxy) is 1. The third-order valence-electron chi connectivity index (χ3n) is 12.0. The number of rotatable bonds is 8. The lowest BCUT2D eigenvalue weighted by Crippen LogP contribution is -2.54. The van der Waals surface area contributed by atoms with Gasteiger partial charge in [-0.3, -0.25) is 39.0 Å². The van der Waals surface area contributed by atoms with Crippen LogP contribution < -0.4 is 25.6 Å². The van der Waals surface area contributed by atoms with Gasteiger partial charge in [0, 0.05) is 100 Å². The molecule has 3 N–H and O–H groups in total. The van der Waals surface area contributed by atoms with E-state index < -0.39 is 23.8 Å². The summed E-state index contributed by atoms with van der Waals surface area (Å²) in [7, 11) is 3.59. The van der Waals surface area contributed by atoms with Crippen molar-refractivity contribution in [2.45, 2.75) is 50.6 Å². The first-order valence-corrected chi connectivity index (χ1v) is 18.9. The zero-order chi connectivity index (χ0) is 36.8. The lowest BCUT2D eigenvalue weighted by atomic mass is 9.93. The average Bonchev–Trinajstić information content (AvgIpc) is 3.71. The molecule has 0 radical (unpaired) electrons. The Labute approximate surface area is 309 Å². The number of benzene rings is 2. The maximum absolute atomic E-state index is 13.3. The Hall–Kier alpha value is -4.95. The molecular weight excluding hydrogens is 674 g/mol. The highest BCUT2D eigenvalue weighted by atomic mass is 16.5. The highest BCUT2D eigenvalue weighted by Gasteiger charge is 2.45. The first-order valence-electron chi connectivity index (χ1n) is 18.9. The summed E-state index contributed by atoms with van der Waals surface area (Å²) in [6.45, 7) is 9.10. The molecule has 4 fully saturated rings. The first kappa shape index (κ1) is 35.1. The summed E-state index contributed by atoms with van der Waals surface area (Å²) in [5.41, 5.74) is 11.8. The molecule has 4 saturated heterocycles. The number of nitrogens with zero attached hydrogens (tertiary/aromatic N) is 7. The van der Waals surface area contributed by atoms with E-state index >= 15 is 0 Å². The van der Waals surface area contributed by atoms with E-state index in [0.29, 0.717) is 34.5 Å². The molecule has 0 bridgehead atoms. The highest BCUT2D eigenvalue weighted by Crippen LogP contribution is 2.39. The number of nitrogen functional groups attached to an aromatic ring is 1. The minimum atomic E-state index is -0.952. The van der Waals surface area contributed by atoms with Crippen molar-refractivity contribution in [2.24, 2.45) is 13.0 Å². The minimum Gasteiger partial charge on any atom is -0.495 e. The van der Waals surface area contributed by atoms with Gasteiger partial charge in [0.25, 0.3) is 11.8 Å². The number of hydrogen-bond donors (Lipinski definition) is 2. The van der Waals surface area contributed by atoms with Gasteiger partial charge in [0.15, 0.2) is 0 Å². The second-order valence-corrected chi connectivity index (χ2v) is 15.2. The largest absolute Gasteiger partial charge is 0.495 e. The molecule has 53 heavy (non-hydrogen) atoms. The number of carbonyl (C=O) groups is 4. The Morgan fingerprint density at radius 2 is 1.57 bits per heavy atom. The van der Waals surface area contributed by atoms with E-state index in [4.69, 9.17) is 10.5 Å². The smallest absolute Gasteiger partial charge is 0.262 e. The maximum Gasteiger partial charge on any atom is 0.262 e. The number of fused-ring (bicyclic) bond motifs is 1. The normalized spacial score (nSPS) is 22.5. The van der Waals surface area contributed by atoms with E-state index in [1.54, 1.807) is 19.2 Å². The molecule has 4 amide bonds. The predicted molar refractivity (Wildman–Crippen MR) is 201 cm³/mol. The third-order valence-corrected chi connectivity index (χ3v) is 12.0. The summed E-state index contributed by atoms with van der Waals surface area (Å²) in [6.07, 6.45) is 8.71. The van der Waals surface area contributed by atoms with E-state index in [-0.39, 0.29) is 18.7 Å². The van der Waals surface area contributed by atoms with Gasteiger partial charge in [-0.25, -0.2) is 0 Å². The number of anilines is 3. The Bertz CT molecular complexity index is 1900. The summed E-state index contributed by atoms with van der Waals surface area (Å²) in [5, 5.41) is 6.65. The molecule has 0 spiro atoms. The molecule has 0 saturated carbocycles. The van der Waals surface area contributed by atoms with Gasteiger partial charge < -0.3 is 25.2 Å². The number of aryl methyl sites for hydroxylation is 1. The number of piperazine rings is 1. The van der Waals surface area contributed by atoms with Crippen LogP contribution in [0.1, 0.15) is 59.2 Å². The predicted octanol–water partition coefficient (Wildman–Crippen LogP) is 2.58. The van der Waals surface area contributed by atoms with Crippen molar-refractivity contribution in [3.05, 3.63) is 53.9 Å². The monoisotopic (exact) mass is 723 g/mol. The van der Waals surface area contributed by atoms with Crippen molar-refractivity contribution in [1.82, 2.24) is 29.8 Å². The fourth-order valence-electron chi connectivity index (χ4n) is 9.01. The van der Waals surface area contributed by atoms with Gasteiger partial charge in [-0.2, -0.15) is 5.10 Å². The number of amides is 4. The number of piperidine rings is 3. The molecule has 8 rings (SSSR count). The molecule has 2 aromatic carbocycles. The van der Waals surface area contributed by atoms with Gasteiger partial charge in [-0.1, -0.05) is 0 Å². The lowest BCUT2D eigenvalue weighted by Gasteiger charge is -2.44. The number of hydrogen-bond acceptors (Lipinski definition) is 11. The second-order valence-electron chi connectivity index (χ2n) is 15.2. The van der Waals surface area contributed by atoms with E-state index in [1.165, 1.54) is 12.8 Å². The SMILES string of the molecule is COc1cc(N2CCN(C3CCN(CC4CCN(c5ccc6c(c5)C(=O)N(C5CCC(=O)NC5=O)C6=O)CC4)CC3)CC2)c(-c2cnn(C)c2)cc1N. The fraction of sp³-hybridized carbons (Fsp3) is 0.513. The average molecular weight is 724 g/mol. The van der Waals surface area contributed by atoms with E-state index in [1.807, 2.05) is 36.3 Å². The Balaban J connectivity index is 0.806. The van der Waals surface area contributed by atoms with Crippen LogP contribution >= 0.6 is 0 Å². The van der Waals surface area contributed by atoms with E-state index in [0.717, 1.165) is 99.1 Å². The van der Waals surface area contributed by atoms with Gasteiger partial charge in [0.2, 0.25) is 11.8 Å². The van der Waals surface area contributed by atoms with Gasteiger partial charge in [0.05, 0.1) is 30.1 Å². The zero-order valence-electron chi connectivity index (χ0n) is 30.6. The van der Waals surface area contributed by atoms with Crippen molar-refractivity contribution in [3.63, 3.8) is 0 Å². The first-order chi connectivity index (χ1) is 25.7. The number of methoxy groups -OCH3 is 1. The number of nitrogens with two attached hydrogens (primary N) is 1. The highest BCUT2D eigenvalue weighted by molar-refractivity contribution is 6.23. The Morgan fingerprint density at radius 1 is 0.830 bits per heavy atom. The van der Waals surface area contributed by atoms with Crippen LogP contribution in [-0.2, 0) is 16.6 Å². The summed E-state index contributed by atoms with van der Waals surface area (Å²) in [4.78, 5) is 61.6. The summed E-state index contributed by atoms with van der Waals surface area (Å²) >= 11 is 0. The summed E-state index contributed by atoms with van der Waals surface area (Å²) in [6, 6.07) is 9.16. The summed E-state index contributed by atoms with van der Waals surface area (Å²) in [5.74, 6) is -0.571. The van der Waals surface area contributed by atoms with Crippen LogP contribution in [0.5, 0.6) is 5.75 Å². The Morgan fingerprint density at radius 3 is 2.25 bits per heavy atom. The molecule has 280 valence electrons. The van der Waals surface area contributed by atoms with Gasteiger partial charge >= 0.3 is 0 Å². The van der Waals surface area contributed by atoms with E-state index in [2.05, 4.69) is 36.1 Å². The van der Waals surface area contributed by atoms with E-state index in [9.17, 15) is 19.2 Å². The number of carbonyl (C=O) groups excluding carboxylic acids is 4. The molecule has 1 atom stereocenters. The zero-order valence-corrected chi connectivity index (χ0v) is 30.6. The molecule has 14 heteroatoms. The van der Waals surface area contributed by atoms with Crippen LogP contribution in [0.3, 0.4) is 0 Å². The van der Waals surface area contributed by atoms with Gasteiger partial charge in [0.1, 0.15) is 11.8 Å². The number of nitrogens with one attached hydrogen (secondary N) is 1. The van der Waals surface area contributed by atoms with Crippen molar-refractivity contribution >= 4 is 40.7 Å². The fourth-order valence-corrected chi connectivity index (χ4v) is 9.01. The summed E-state index contributed by atoms with van der Waals surface area (Å²) < 4.78 is 7.41. The Kier molecular flexibility index (Phi) is 9.58. The molecule has 0 aliphatic carbocycles. The molecule has 14 nitrogen and oxygen atoms in total. The standard InChI is InChI=1S/C39H49N9O5/c1-43-24-26(22-41-43)30-20-32(40)35(53-2)21-34(30)47-17-15-46(16-18-47)27-9-11-44(12-10-27)23-25-7-13-45(14-8-25)28-3-4-29-31(19-28)39(52)48(38(29)51)33-5-6-36(49)42-37(33)50/h3-4,19-22,24-25,27,33H,5-18,23,40H2,1-2H3,(H,42,49,50). The molecule has 3 aromatic rings. The molecular formula is C39H49N9O5. The van der Waals surface area contributed by atoms with Crippen LogP contribution in [-0.4, -0.2) is 126 Å². The third kappa shape index (κ3) is 6.85. The molecule has 5 aliphatic rings. The van der Waals surface area contributed by atoms with Crippen molar-refractivity contribution in [1.29, 1.82) is 0 Å². The lowest BCUT2D eigenvalue weighted by molar-refractivity contribution is -0.136. The maximum atomic E-state index is 13.3. The van der Waals surface area contributed by atoms with Crippen LogP contribution in [0.4, 0.5) is 17.1 Å².